The van der Waals surface area contributed by atoms with Gasteiger partial charge in [-0.1, -0.05) is 24.3 Å². The van der Waals surface area contributed by atoms with Crippen molar-refractivity contribution < 1.29 is 10.2 Å². The number of nitrogens with zero attached hydrogens (tertiary/aromatic N) is 1. The summed E-state index contributed by atoms with van der Waals surface area (Å²) in [6.07, 6.45) is 0. The monoisotopic (exact) mass is 203 g/mol. The molecule has 0 fully saturated rings. The molecule has 0 saturated heterocycles. The highest BCUT2D eigenvalue weighted by atomic mass is 16.3. The van der Waals surface area contributed by atoms with E-state index in [2.05, 4.69) is 0 Å². The van der Waals surface area contributed by atoms with Gasteiger partial charge in [0.2, 0.25) is 0 Å². The third-order valence-corrected chi connectivity index (χ3v) is 2.46. The molecule has 0 spiro atoms. The van der Waals surface area contributed by atoms with Gasteiger partial charge in [0.1, 0.15) is 11.5 Å². The topological polar surface area (TPSA) is 43.7 Å². The lowest BCUT2D eigenvalue weighted by atomic mass is 10.1. The molecule has 3 nitrogen and oxygen atoms in total. The van der Waals surface area contributed by atoms with Gasteiger partial charge >= 0.3 is 0 Å². The van der Waals surface area contributed by atoms with Crippen LogP contribution in [-0.2, 0) is 0 Å². The van der Waals surface area contributed by atoms with E-state index in [9.17, 15) is 10.2 Å². The highest BCUT2D eigenvalue weighted by molar-refractivity contribution is 5.97. The van der Waals surface area contributed by atoms with Crippen LogP contribution in [0.1, 0.15) is 0 Å². The first-order valence-electron chi connectivity index (χ1n) is 4.72. The van der Waals surface area contributed by atoms with E-state index in [0.29, 0.717) is 16.5 Å². The first kappa shape index (κ1) is 9.65. The predicted molar refractivity (Wildman–Crippen MR) is 61.6 cm³/mol. The summed E-state index contributed by atoms with van der Waals surface area (Å²) in [5.41, 5.74) is 0.617. The van der Waals surface area contributed by atoms with E-state index in [-0.39, 0.29) is 11.5 Å². The van der Waals surface area contributed by atoms with Crippen LogP contribution in [0.2, 0.25) is 0 Å². The molecule has 3 heteroatoms. The molecular weight excluding hydrogens is 190 g/mol. The third-order valence-electron chi connectivity index (χ3n) is 2.46. The first-order chi connectivity index (χ1) is 7.11. The van der Waals surface area contributed by atoms with Gasteiger partial charge in [0.25, 0.3) is 0 Å². The lowest BCUT2D eigenvalue weighted by Crippen LogP contribution is -2.08. The number of rotatable bonds is 1. The summed E-state index contributed by atoms with van der Waals surface area (Å²) in [5, 5.41) is 21.1. The molecular formula is C12H13NO2. The summed E-state index contributed by atoms with van der Waals surface area (Å²) in [5.74, 6) is 0.389. The van der Waals surface area contributed by atoms with Crippen molar-refractivity contribution in [2.75, 3.05) is 19.0 Å². The van der Waals surface area contributed by atoms with E-state index >= 15 is 0 Å². The van der Waals surface area contributed by atoms with Crippen LogP contribution in [0.3, 0.4) is 0 Å². The van der Waals surface area contributed by atoms with Gasteiger partial charge in [-0.2, -0.15) is 0 Å². The molecule has 0 aliphatic carbocycles. The Morgan fingerprint density at radius 1 is 1.00 bits per heavy atom. The zero-order valence-corrected chi connectivity index (χ0v) is 8.73. The molecule has 0 aliphatic heterocycles. The first-order valence-corrected chi connectivity index (χ1v) is 4.72. The van der Waals surface area contributed by atoms with E-state index in [1.165, 1.54) is 0 Å². The van der Waals surface area contributed by atoms with Crippen molar-refractivity contribution in [3.05, 3.63) is 30.3 Å². The number of fused-ring (bicyclic) bond motifs is 1. The van der Waals surface area contributed by atoms with Crippen molar-refractivity contribution in [1.29, 1.82) is 0 Å². The standard InChI is InChI=1S/C12H13NO2/c1-13(2)10-7-11(14)8-5-3-4-6-9(8)12(10)15/h3-7,14-15H,1-2H3. The molecule has 0 radical (unpaired) electrons. The fourth-order valence-electron chi connectivity index (χ4n) is 1.67. The second-order valence-corrected chi connectivity index (χ2v) is 3.70. The second-order valence-electron chi connectivity index (χ2n) is 3.70. The number of hydrogen-bond donors (Lipinski definition) is 2. The number of aromatic hydroxyl groups is 2. The molecule has 78 valence electrons. The van der Waals surface area contributed by atoms with Crippen molar-refractivity contribution >= 4 is 16.5 Å². The van der Waals surface area contributed by atoms with Crippen molar-refractivity contribution in [1.82, 2.24) is 0 Å². The second kappa shape index (κ2) is 3.35. The lowest BCUT2D eigenvalue weighted by Gasteiger charge is -2.16. The zero-order chi connectivity index (χ0) is 11.0. The normalized spacial score (nSPS) is 10.5. The van der Waals surface area contributed by atoms with Crippen molar-refractivity contribution in [2.45, 2.75) is 0 Å². The van der Waals surface area contributed by atoms with Gasteiger partial charge in [-0.3, -0.25) is 0 Å². The maximum atomic E-state index is 9.99. The van der Waals surface area contributed by atoms with E-state index < -0.39 is 0 Å². The van der Waals surface area contributed by atoms with Crippen LogP contribution in [0.25, 0.3) is 10.8 Å². The molecule has 0 saturated carbocycles. The molecule has 2 N–H and O–H groups in total. The van der Waals surface area contributed by atoms with E-state index in [1.807, 2.05) is 26.2 Å². The van der Waals surface area contributed by atoms with E-state index in [0.717, 1.165) is 0 Å². The molecule has 2 rings (SSSR count). The van der Waals surface area contributed by atoms with Crippen LogP contribution in [0.4, 0.5) is 5.69 Å². The van der Waals surface area contributed by atoms with E-state index in [1.54, 1.807) is 23.1 Å². The lowest BCUT2D eigenvalue weighted by molar-refractivity contribution is 0.470. The molecule has 0 aliphatic rings. The Hall–Kier alpha value is -1.90. The molecule has 15 heavy (non-hydrogen) atoms. The molecule has 0 unspecified atom stereocenters. The highest BCUT2D eigenvalue weighted by Gasteiger charge is 2.11. The van der Waals surface area contributed by atoms with Crippen LogP contribution in [0, 0.1) is 0 Å². The predicted octanol–water partition coefficient (Wildman–Crippen LogP) is 2.32. The maximum absolute atomic E-state index is 9.99. The van der Waals surface area contributed by atoms with Gasteiger partial charge in [0, 0.05) is 30.9 Å². The van der Waals surface area contributed by atoms with Gasteiger partial charge in [0.15, 0.2) is 0 Å². The smallest absolute Gasteiger partial charge is 0.146 e. The maximum Gasteiger partial charge on any atom is 0.146 e. The molecule has 0 heterocycles. The fourth-order valence-corrected chi connectivity index (χ4v) is 1.67. The average Bonchev–Trinajstić information content (AvgIpc) is 2.23. The summed E-state index contributed by atoms with van der Waals surface area (Å²) in [4.78, 5) is 1.77. The zero-order valence-electron chi connectivity index (χ0n) is 8.73. The summed E-state index contributed by atoms with van der Waals surface area (Å²) in [6.45, 7) is 0. The summed E-state index contributed by atoms with van der Waals surface area (Å²) < 4.78 is 0. The average molecular weight is 203 g/mol. The minimum Gasteiger partial charge on any atom is -0.507 e. The van der Waals surface area contributed by atoms with Gasteiger partial charge in [0.05, 0.1) is 5.69 Å². The Labute approximate surface area is 88.2 Å². The molecule has 0 bridgehead atoms. The number of anilines is 1. The molecule has 0 amide bonds. The SMILES string of the molecule is CN(C)c1cc(O)c2ccccc2c1O. The van der Waals surface area contributed by atoms with Gasteiger partial charge in [-0.15, -0.1) is 0 Å². The van der Waals surface area contributed by atoms with Crippen LogP contribution >= 0.6 is 0 Å². The minimum atomic E-state index is 0.187. The summed E-state index contributed by atoms with van der Waals surface area (Å²) >= 11 is 0. The number of phenolic OH excluding ortho intramolecular Hbond substituents is 2. The molecule has 2 aromatic rings. The van der Waals surface area contributed by atoms with Crippen LogP contribution in [0.5, 0.6) is 11.5 Å². The van der Waals surface area contributed by atoms with Gasteiger partial charge in [-0.05, 0) is 0 Å². The quantitative estimate of drug-likeness (QED) is 0.699. The Morgan fingerprint density at radius 2 is 1.60 bits per heavy atom. The Morgan fingerprint density at radius 3 is 2.20 bits per heavy atom. The molecule has 0 aromatic heterocycles. The molecule has 0 atom stereocenters. The largest absolute Gasteiger partial charge is 0.507 e. The van der Waals surface area contributed by atoms with Crippen LogP contribution in [0.15, 0.2) is 30.3 Å². The van der Waals surface area contributed by atoms with Gasteiger partial charge in [-0.25, -0.2) is 0 Å². The minimum absolute atomic E-state index is 0.187. The Bertz CT molecular complexity index is 506. The van der Waals surface area contributed by atoms with Crippen LogP contribution in [-0.4, -0.2) is 24.3 Å². The number of benzene rings is 2. The van der Waals surface area contributed by atoms with E-state index in [4.69, 9.17) is 0 Å². The van der Waals surface area contributed by atoms with Gasteiger partial charge < -0.3 is 15.1 Å². The third kappa shape index (κ3) is 1.46. The summed E-state index contributed by atoms with van der Waals surface area (Å²) in [7, 11) is 3.65. The van der Waals surface area contributed by atoms with Crippen LogP contribution < -0.4 is 4.90 Å². The Balaban J connectivity index is 2.84. The van der Waals surface area contributed by atoms with Crippen molar-refractivity contribution in [2.24, 2.45) is 0 Å². The molecule has 2 aromatic carbocycles. The number of phenols is 2. The number of hydrogen-bond acceptors (Lipinski definition) is 3. The highest BCUT2D eigenvalue weighted by Crippen LogP contribution is 2.39. The Kier molecular flexibility index (Phi) is 2.15. The van der Waals surface area contributed by atoms with Crippen molar-refractivity contribution in [3.8, 4) is 11.5 Å². The fraction of sp³-hybridized carbons (Fsp3) is 0.167. The van der Waals surface area contributed by atoms with Crippen molar-refractivity contribution in [3.63, 3.8) is 0 Å². The summed E-state index contributed by atoms with van der Waals surface area (Å²) in [6, 6.07) is 8.80.